The fraction of sp³-hybridized carbons (Fsp3) is 0.0417. The van der Waals surface area contributed by atoms with Crippen LogP contribution < -0.4 is 0 Å². The first-order valence-electron chi connectivity index (χ1n) is 9.91. The standard InChI is InChI=1S/C24H17N7/c1-14-8-16(11-26-10-14)19-2-3-20-23(29-19)24(31-30-20)21-9-17-18(12-27-13-22(17)28-21)15-4-6-25-7-5-15/h2-13,28H,1H3,(H,30,31). The normalized spacial score (nSPS) is 11.4. The number of hydrogen-bond donors (Lipinski definition) is 2. The van der Waals surface area contributed by atoms with Crippen LogP contribution >= 0.6 is 0 Å². The highest BCUT2D eigenvalue weighted by molar-refractivity contribution is 5.99. The van der Waals surface area contributed by atoms with Gasteiger partial charge >= 0.3 is 0 Å². The molecule has 0 aromatic carbocycles. The molecule has 7 nitrogen and oxygen atoms in total. The minimum absolute atomic E-state index is 0.773. The van der Waals surface area contributed by atoms with Gasteiger partial charge < -0.3 is 4.98 Å². The molecule has 31 heavy (non-hydrogen) atoms. The Kier molecular flexibility index (Phi) is 3.86. The van der Waals surface area contributed by atoms with E-state index in [0.717, 1.165) is 61.3 Å². The molecule has 6 rings (SSSR count). The molecule has 7 heteroatoms. The third-order valence-corrected chi connectivity index (χ3v) is 5.37. The van der Waals surface area contributed by atoms with Gasteiger partial charge in [0.15, 0.2) is 0 Å². The number of fused-ring (bicyclic) bond motifs is 2. The van der Waals surface area contributed by atoms with Crippen LogP contribution in [0.2, 0.25) is 0 Å². The van der Waals surface area contributed by atoms with E-state index < -0.39 is 0 Å². The summed E-state index contributed by atoms with van der Waals surface area (Å²) >= 11 is 0. The summed E-state index contributed by atoms with van der Waals surface area (Å²) < 4.78 is 0. The smallest absolute Gasteiger partial charge is 0.135 e. The fourth-order valence-electron chi connectivity index (χ4n) is 3.88. The number of aromatic amines is 2. The van der Waals surface area contributed by atoms with Crippen LogP contribution in [-0.2, 0) is 0 Å². The van der Waals surface area contributed by atoms with Gasteiger partial charge in [0.25, 0.3) is 0 Å². The summed E-state index contributed by atoms with van der Waals surface area (Å²) in [4.78, 5) is 21.2. The lowest BCUT2D eigenvalue weighted by atomic mass is 10.1. The van der Waals surface area contributed by atoms with Crippen molar-refractivity contribution in [1.82, 2.24) is 35.1 Å². The van der Waals surface area contributed by atoms with Crippen LogP contribution in [0.4, 0.5) is 0 Å². The molecule has 0 aliphatic rings. The highest BCUT2D eigenvalue weighted by Gasteiger charge is 2.15. The van der Waals surface area contributed by atoms with Gasteiger partial charge in [-0.15, -0.1) is 0 Å². The number of hydrogen-bond acceptors (Lipinski definition) is 5. The Labute approximate surface area is 177 Å². The highest BCUT2D eigenvalue weighted by atomic mass is 15.1. The molecule has 0 radical (unpaired) electrons. The van der Waals surface area contributed by atoms with Gasteiger partial charge in [0.2, 0.25) is 0 Å². The molecular formula is C24H17N7. The second kappa shape index (κ2) is 6.84. The monoisotopic (exact) mass is 403 g/mol. The number of pyridine rings is 4. The zero-order chi connectivity index (χ0) is 20.8. The van der Waals surface area contributed by atoms with Crippen LogP contribution in [0, 0.1) is 6.92 Å². The largest absolute Gasteiger partial charge is 0.352 e. The Bertz CT molecular complexity index is 1550. The van der Waals surface area contributed by atoms with Crippen molar-refractivity contribution in [2.24, 2.45) is 0 Å². The zero-order valence-electron chi connectivity index (χ0n) is 16.7. The quantitative estimate of drug-likeness (QED) is 0.437. The topological polar surface area (TPSA) is 96.0 Å². The van der Waals surface area contributed by atoms with E-state index in [1.807, 2.05) is 56.0 Å². The van der Waals surface area contributed by atoms with E-state index in [4.69, 9.17) is 4.98 Å². The molecule has 6 aromatic rings. The van der Waals surface area contributed by atoms with E-state index in [2.05, 4.69) is 42.3 Å². The van der Waals surface area contributed by atoms with Crippen molar-refractivity contribution >= 4 is 21.9 Å². The molecule has 0 bridgehead atoms. The highest BCUT2D eigenvalue weighted by Crippen LogP contribution is 2.33. The second-order valence-electron chi connectivity index (χ2n) is 7.48. The number of rotatable bonds is 3. The number of nitrogens with zero attached hydrogens (tertiary/aromatic N) is 5. The molecule has 0 spiro atoms. The maximum atomic E-state index is 4.90. The van der Waals surface area contributed by atoms with E-state index in [1.54, 1.807) is 12.4 Å². The van der Waals surface area contributed by atoms with Crippen molar-refractivity contribution in [2.45, 2.75) is 6.92 Å². The van der Waals surface area contributed by atoms with Gasteiger partial charge in [-0.1, -0.05) is 0 Å². The Morgan fingerprint density at radius 3 is 2.52 bits per heavy atom. The molecule has 0 unspecified atom stereocenters. The van der Waals surface area contributed by atoms with Crippen LogP contribution in [0.1, 0.15) is 5.56 Å². The molecule has 0 aliphatic heterocycles. The van der Waals surface area contributed by atoms with Crippen molar-refractivity contribution in [1.29, 1.82) is 0 Å². The summed E-state index contributed by atoms with van der Waals surface area (Å²) in [5, 5.41) is 8.72. The van der Waals surface area contributed by atoms with Gasteiger partial charge in [-0.3, -0.25) is 20.1 Å². The van der Waals surface area contributed by atoms with Gasteiger partial charge in [-0.05, 0) is 54.4 Å². The minimum Gasteiger partial charge on any atom is -0.352 e. The van der Waals surface area contributed by atoms with Crippen molar-refractivity contribution in [3.8, 4) is 33.8 Å². The molecule has 0 saturated heterocycles. The summed E-state index contributed by atoms with van der Waals surface area (Å²) in [6.45, 7) is 2.03. The molecule has 0 saturated carbocycles. The number of aryl methyl sites for hydroxylation is 1. The third kappa shape index (κ3) is 2.95. The predicted molar refractivity (Wildman–Crippen MR) is 120 cm³/mol. The van der Waals surface area contributed by atoms with Crippen molar-refractivity contribution in [2.75, 3.05) is 0 Å². The Morgan fingerprint density at radius 2 is 1.65 bits per heavy atom. The molecule has 6 aromatic heterocycles. The fourth-order valence-corrected chi connectivity index (χ4v) is 3.88. The molecule has 148 valence electrons. The van der Waals surface area contributed by atoms with Crippen molar-refractivity contribution in [3.63, 3.8) is 0 Å². The van der Waals surface area contributed by atoms with E-state index in [1.165, 1.54) is 0 Å². The lowest BCUT2D eigenvalue weighted by molar-refractivity contribution is 1.12. The van der Waals surface area contributed by atoms with Crippen LogP contribution in [-0.4, -0.2) is 35.1 Å². The van der Waals surface area contributed by atoms with Crippen LogP contribution in [0.5, 0.6) is 0 Å². The number of H-pyrrole nitrogens is 2. The van der Waals surface area contributed by atoms with Crippen LogP contribution in [0.15, 0.2) is 73.6 Å². The number of nitrogens with one attached hydrogen (secondary N) is 2. The summed E-state index contributed by atoms with van der Waals surface area (Å²) in [5.74, 6) is 0. The molecule has 0 fully saturated rings. The second-order valence-corrected chi connectivity index (χ2v) is 7.48. The SMILES string of the molecule is Cc1cncc(-c2ccc3[nH]nc(-c4cc5c(-c6ccncc6)cncc5[nH]4)c3n2)c1. The van der Waals surface area contributed by atoms with Crippen LogP contribution in [0.3, 0.4) is 0 Å². The average molecular weight is 403 g/mol. The van der Waals surface area contributed by atoms with Gasteiger partial charge in [-0.2, -0.15) is 5.10 Å². The lowest BCUT2D eigenvalue weighted by Crippen LogP contribution is -1.87. The van der Waals surface area contributed by atoms with E-state index in [9.17, 15) is 0 Å². The molecule has 0 aliphatic carbocycles. The molecule has 0 amide bonds. The summed E-state index contributed by atoms with van der Waals surface area (Å²) in [6, 6.07) is 12.1. The van der Waals surface area contributed by atoms with Gasteiger partial charge in [0, 0.05) is 47.5 Å². The summed E-state index contributed by atoms with van der Waals surface area (Å²) in [7, 11) is 0. The van der Waals surface area contributed by atoms with E-state index >= 15 is 0 Å². The summed E-state index contributed by atoms with van der Waals surface area (Å²) in [6.07, 6.45) is 10.9. The minimum atomic E-state index is 0.773. The lowest BCUT2D eigenvalue weighted by Gasteiger charge is -2.02. The average Bonchev–Trinajstić information content (AvgIpc) is 3.43. The summed E-state index contributed by atoms with van der Waals surface area (Å²) in [5.41, 5.74) is 9.34. The van der Waals surface area contributed by atoms with Gasteiger partial charge in [-0.25, -0.2) is 4.98 Å². The molecule has 0 atom stereocenters. The first-order chi connectivity index (χ1) is 15.3. The molecule has 2 N–H and O–H groups in total. The van der Waals surface area contributed by atoms with Crippen LogP contribution in [0.25, 0.3) is 55.7 Å². The molecule has 6 heterocycles. The first kappa shape index (κ1) is 17.5. The van der Waals surface area contributed by atoms with Gasteiger partial charge in [0.1, 0.15) is 11.2 Å². The third-order valence-electron chi connectivity index (χ3n) is 5.37. The van der Waals surface area contributed by atoms with Gasteiger partial charge in [0.05, 0.1) is 28.6 Å². The Hall–Kier alpha value is -4.39. The van der Waals surface area contributed by atoms with Crippen molar-refractivity contribution < 1.29 is 0 Å². The number of aromatic nitrogens is 7. The Morgan fingerprint density at radius 1 is 0.774 bits per heavy atom. The van der Waals surface area contributed by atoms with E-state index in [0.29, 0.717) is 0 Å². The van der Waals surface area contributed by atoms with Crippen molar-refractivity contribution in [3.05, 3.63) is 79.1 Å². The first-order valence-corrected chi connectivity index (χ1v) is 9.91. The maximum Gasteiger partial charge on any atom is 0.135 e. The molecular weight excluding hydrogens is 386 g/mol. The van der Waals surface area contributed by atoms with E-state index in [-0.39, 0.29) is 0 Å². The zero-order valence-corrected chi connectivity index (χ0v) is 16.7. The Balaban J connectivity index is 1.51. The maximum absolute atomic E-state index is 4.90. The predicted octanol–water partition coefficient (Wildman–Crippen LogP) is 4.93.